The van der Waals surface area contributed by atoms with Gasteiger partial charge in [-0.2, -0.15) is 4.31 Å². The summed E-state index contributed by atoms with van der Waals surface area (Å²) in [6.07, 6.45) is 6.34. The number of carbonyl (C=O) groups excluding carboxylic acids is 1. The molecular weight excluding hydrogens is 364 g/mol. The Morgan fingerprint density at radius 3 is 2.63 bits per heavy atom. The Balaban J connectivity index is 1.70. The van der Waals surface area contributed by atoms with Gasteiger partial charge in [-0.25, -0.2) is 8.42 Å². The first kappa shape index (κ1) is 19.2. The maximum atomic E-state index is 12.8. The molecule has 1 N–H and O–H groups in total. The van der Waals surface area contributed by atoms with Gasteiger partial charge in [0.1, 0.15) is 0 Å². The molecule has 8 heteroatoms. The van der Waals surface area contributed by atoms with Gasteiger partial charge in [0.15, 0.2) is 0 Å². The first-order valence-corrected chi connectivity index (χ1v) is 10.1. The minimum absolute atomic E-state index is 0.182. The molecule has 1 aliphatic rings. The number of amides is 1. The van der Waals surface area contributed by atoms with E-state index >= 15 is 0 Å². The maximum Gasteiger partial charge on any atom is 0.248 e. The number of piperazine rings is 1. The van der Waals surface area contributed by atoms with Crippen LogP contribution in [0.3, 0.4) is 0 Å². The molecule has 7 nitrogen and oxygen atoms in total. The van der Waals surface area contributed by atoms with Crippen molar-refractivity contribution in [2.45, 2.75) is 4.90 Å². The molecule has 1 saturated heterocycles. The molecule has 1 aromatic heterocycles. The van der Waals surface area contributed by atoms with Gasteiger partial charge >= 0.3 is 0 Å². The molecule has 0 saturated carbocycles. The van der Waals surface area contributed by atoms with E-state index in [2.05, 4.69) is 15.2 Å². The number of nitrogens with zero attached hydrogens (tertiary/aromatic N) is 3. The number of aromatic nitrogens is 1. The number of nitrogens with one attached hydrogen (secondary N) is 1. The molecule has 0 bridgehead atoms. The topological polar surface area (TPSA) is 82.6 Å². The summed E-state index contributed by atoms with van der Waals surface area (Å²) in [6, 6.07) is 9.95. The van der Waals surface area contributed by atoms with E-state index in [4.69, 9.17) is 0 Å². The highest BCUT2D eigenvalue weighted by Gasteiger charge is 2.27. The van der Waals surface area contributed by atoms with E-state index in [1.54, 1.807) is 42.7 Å². The lowest BCUT2D eigenvalue weighted by molar-refractivity contribution is -0.111. The summed E-state index contributed by atoms with van der Waals surface area (Å²) < 4.78 is 27.1. The quantitative estimate of drug-likeness (QED) is 0.791. The van der Waals surface area contributed by atoms with Crippen LogP contribution in [0.5, 0.6) is 0 Å². The SMILES string of the molecule is CN1CCN(S(=O)(=O)c2cccc(NC(=O)/C=C/c3cccnc3)c2)CC1. The summed E-state index contributed by atoms with van der Waals surface area (Å²) in [4.78, 5) is 18.4. The van der Waals surface area contributed by atoms with Crippen molar-refractivity contribution in [3.05, 3.63) is 60.4 Å². The van der Waals surface area contributed by atoms with E-state index < -0.39 is 10.0 Å². The summed E-state index contributed by atoms with van der Waals surface area (Å²) in [6.45, 7) is 2.33. The normalized spacial score (nSPS) is 16.5. The van der Waals surface area contributed by atoms with E-state index in [0.717, 1.165) is 5.56 Å². The molecular formula is C19H22N4O3S. The van der Waals surface area contributed by atoms with Gasteiger partial charge in [0, 0.05) is 50.3 Å². The van der Waals surface area contributed by atoms with Gasteiger partial charge in [-0.05, 0) is 43.0 Å². The van der Waals surface area contributed by atoms with Crippen LogP contribution in [0.15, 0.2) is 59.8 Å². The molecule has 1 aliphatic heterocycles. The molecule has 0 atom stereocenters. The number of rotatable bonds is 5. The van der Waals surface area contributed by atoms with Gasteiger partial charge < -0.3 is 10.2 Å². The number of carbonyl (C=O) groups is 1. The monoisotopic (exact) mass is 386 g/mol. The van der Waals surface area contributed by atoms with Gasteiger partial charge in [0.25, 0.3) is 0 Å². The number of hydrogen-bond donors (Lipinski definition) is 1. The lowest BCUT2D eigenvalue weighted by Gasteiger charge is -2.31. The van der Waals surface area contributed by atoms with Crippen molar-refractivity contribution in [1.82, 2.24) is 14.2 Å². The van der Waals surface area contributed by atoms with Crippen LogP contribution in [0.2, 0.25) is 0 Å². The molecule has 1 aromatic carbocycles. The summed E-state index contributed by atoms with van der Waals surface area (Å²) >= 11 is 0. The van der Waals surface area contributed by atoms with Crippen molar-refractivity contribution < 1.29 is 13.2 Å². The largest absolute Gasteiger partial charge is 0.322 e. The molecule has 1 amide bonds. The Kier molecular flexibility index (Phi) is 6.00. The lowest BCUT2D eigenvalue weighted by Crippen LogP contribution is -2.47. The second kappa shape index (κ2) is 8.43. The minimum Gasteiger partial charge on any atom is -0.322 e. The average Bonchev–Trinajstić information content (AvgIpc) is 2.68. The molecule has 0 radical (unpaired) electrons. The molecule has 2 heterocycles. The summed E-state index contributed by atoms with van der Waals surface area (Å²) in [5.41, 5.74) is 1.24. The van der Waals surface area contributed by atoms with Crippen molar-refractivity contribution in [1.29, 1.82) is 0 Å². The smallest absolute Gasteiger partial charge is 0.248 e. The van der Waals surface area contributed by atoms with Crippen LogP contribution < -0.4 is 5.32 Å². The van der Waals surface area contributed by atoms with Crippen molar-refractivity contribution in [3.63, 3.8) is 0 Å². The first-order chi connectivity index (χ1) is 12.9. The van der Waals surface area contributed by atoms with Crippen LogP contribution in [0.1, 0.15) is 5.56 Å². The third-order valence-electron chi connectivity index (χ3n) is 4.31. The Morgan fingerprint density at radius 2 is 1.93 bits per heavy atom. The molecule has 0 aliphatic carbocycles. The van der Waals surface area contributed by atoms with Crippen molar-refractivity contribution in [3.8, 4) is 0 Å². The molecule has 0 unspecified atom stereocenters. The van der Waals surface area contributed by atoms with Crippen molar-refractivity contribution >= 4 is 27.7 Å². The second-order valence-electron chi connectivity index (χ2n) is 6.34. The highest BCUT2D eigenvalue weighted by Crippen LogP contribution is 2.20. The molecule has 0 spiro atoms. The summed E-state index contributed by atoms with van der Waals surface area (Å²) in [7, 11) is -1.60. The van der Waals surface area contributed by atoms with E-state index in [1.807, 2.05) is 13.1 Å². The average molecular weight is 386 g/mol. The molecule has 1 fully saturated rings. The fourth-order valence-electron chi connectivity index (χ4n) is 2.74. The minimum atomic E-state index is -3.57. The number of hydrogen-bond acceptors (Lipinski definition) is 5. The van der Waals surface area contributed by atoms with Crippen LogP contribution >= 0.6 is 0 Å². The van der Waals surface area contributed by atoms with Crippen LogP contribution in [0.4, 0.5) is 5.69 Å². The summed E-state index contributed by atoms with van der Waals surface area (Å²) in [5.74, 6) is -0.340. The number of pyridine rings is 1. The lowest BCUT2D eigenvalue weighted by atomic mass is 10.2. The molecule has 2 aromatic rings. The zero-order valence-electron chi connectivity index (χ0n) is 15.1. The van der Waals surface area contributed by atoms with Gasteiger partial charge in [0.2, 0.25) is 15.9 Å². The van der Waals surface area contributed by atoms with E-state index in [0.29, 0.717) is 31.9 Å². The zero-order valence-corrected chi connectivity index (χ0v) is 15.9. The van der Waals surface area contributed by atoms with Gasteiger partial charge in [-0.1, -0.05) is 12.1 Å². The standard InChI is InChI=1S/C19H22N4O3S/c1-22-10-12-23(13-11-22)27(25,26)18-6-2-5-17(14-18)21-19(24)8-7-16-4-3-9-20-15-16/h2-9,14-15H,10-13H2,1H3,(H,21,24)/b8-7+. The Bertz CT molecular complexity index is 921. The van der Waals surface area contributed by atoms with E-state index in [1.165, 1.54) is 16.4 Å². The Labute approximate surface area is 159 Å². The van der Waals surface area contributed by atoms with Gasteiger partial charge in [-0.15, -0.1) is 0 Å². The van der Waals surface area contributed by atoms with Crippen molar-refractivity contribution in [2.75, 3.05) is 38.5 Å². The van der Waals surface area contributed by atoms with Gasteiger partial charge in [-0.3, -0.25) is 9.78 Å². The molecule has 142 valence electrons. The number of sulfonamides is 1. The Morgan fingerprint density at radius 1 is 1.15 bits per heavy atom. The second-order valence-corrected chi connectivity index (χ2v) is 8.28. The fourth-order valence-corrected chi connectivity index (χ4v) is 4.21. The Hall–Kier alpha value is -2.55. The summed E-state index contributed by atoms with van der Waals surface area (Å²) in [5, 5.41) is 2.70. The number of benzene rings is 1. The van der Waals surface area contributed by atoms with Crippen LogP contribution in [-0.2, 0) is 14.8 Å². The van der Waals surface area contributed by atoms with Crippen LogP contribution in [0, 0.1) is 0 Å². The number of likely N-dealkylation sites (N-methyl/N-ethyl adjacent to an activating group) is 1. The predicted octanol–water partition coefficient (Wildman–Crippen LogP) is 1.67. The highest BCUT2D eigenvalue weighted by atomic mass is 32.2. The van der Waals surface area contributed by atoms with Crippen LogP contribution in [-0.4, -0.2) is 61.7 Å². The van der Waals surface area contributed by atoms with Crippen LogP contribution in [0.25, 0.3) is 6.08 Å². The molecule has 27 heavy (non-hydrogen) atoms. The third-order valence-corrected chi connectivity index (χ3v) is 6.21. The predicted molar refractivity (Wildman–Crippen MR) is 105 cm³/mol. The van der Waals surface area contributed by atoms with E-state index in [-0.39, 0.29) is 10.8 Å². The fraction of sp³-hybridized carbons (Fsp3) is 0.263. The number of anilines is 1. The van der Waals surface area contributed by atoms with Gasteiger partial charge in [0.05, 0.1) is 4.90 Å². The van der Waals surface area contributed by atoms with Crippen molar-refractivity contribution in [2.24, 2.45) is 0 Å². The first-order valence-electron chi connectivity index (χ1n) is 8.63. The molecule has 3 rings (SSSR count). The highest BCUT2D eigenvalue weighted by molar-refractivity contribution is 7.89. The van der Waals surface area contributed by atoms with E-state index in [9.17, 15) is 13.2 Å². The maximum absolute atomic E-state index is 12.8. The zero-order chi connectivity index (χ0) is 19.3. The third kappa shape index (κ3) is 5.00.